The number of thiophene rings is 1. The molecule has 2 nitrogen and oxygen atoms in total. The van der Waals surface area contributed by atoms with Gasteiger partial charge in [0.15, 0.2) is 0 Å². The van der Waals surface area contributed by atoms with Gasteiger partial charge in [-0.05, 0) is 97.6 Å². The van der Waals surface area contributed by atoms with Crippen LogP contribution >= 0.6 is 23.1 Å². The minimum atomic E-state index is -0.912. The molecule has 266 valence electrons. The highest BCUT2D eigenvalue weighted by Crippen LogP contribution is 2.53. The van der Waals surface area contributed by atoms with Crippen LogP contribution in [0.5, 0.6) is 0 Å². The van der Waals surface area contributed by atoms with Crippen LogP contribution in [0.25, 0.3) is 22.1 Å². The van der Waals surface area contributed by atoms with Crippen LogP contribution in [0.2, 0.25) is 0 Å². The van der Waals surface area contributed by atoms with Gasteiger partial charge < -0.3 is 5.11 Å². The Labute approximate surface area is 315 Å². The van der Waals surface area contributed by atoms with Gasteiger partial charge in [0, 0.05) is 19.9 Å². The molecule has 0 saturated heterocycles. The van der Waals surface area contributed by atoms with Crippen molar-refractivity contribution in [3.63, 3.8) is 0 Å². The number of carboxylic acid groups (broad SMARTS) is 1. The van der Waals surface area contributed by atoms with Crippen LogP contribution in [0.3, 0.4) is 0 Å². The fourth-order valence-corrected chi connectivity index (χ4v) is 9.61. The Morgan fingerprint density at radius 2 is 1.37 bits per heavy atom. The lowest BCUT2D eigenvalue weighted by molar-refractivity contribution is -0.132. The molecule has 3 aromatic carbocycles. The van der Waals surface area contributed by atoms with E-state index in [-0.39, 0.29) is 5.57 Å². The summed E-state index contributed by atoms with van der Waals surface area (Å²) in [5.74, 6) is -0.912. The van der Waals surface area contributed by atoms with Crippen LogP contribution in [0.4, 0.5) is 0 Å². The molecule has 0 saturated carbocycles. The Kier molecular flexibility index (Phi) is 14.4. The third-order valence-corrected chi connectivity index (χ3v) is 12.6. The largest absolute Gasteiger partial charge is 0.478 e. The zero-order valence-corrected chi connectivity index (χ0v) is 32.6. The van der Waals surface area contributed by atoms with E-state index in [1.54, 1.807) is 0 Å². The fraction of sp³-hybridized carbons (Fsp3) is 0.340. The maximum absolute atomic E-state index is 11.9. The molecule has 4 aromatic rings. The van der Waals surface area contributed by atoms with Crippen LogP contribution in [0.1, 0.15) is 122 Å². The first-order chi connectivity index (χ1) is 24.8. The fourth-order valence-electron chi connectivity index (χ4n) is 6.73. The van der Waals surface area contributed by atoms with E-state index in [0.717, 1.165) is 30.6 Å². The summed E-state index contributed by atoms with van der Waals surface area (Å²) in [7, 11) is 0. The molecule has 1 aliphatic rings. The van der Waals surface area contributed by atoms with Gasteiger partial charge in [-0.1, -0.05) is 155 Å². The van der Waals surface area contributed by atoms with Crippen molar-refractivity contribution >= 4 is 40.7 Å². The number of hydrogen-bond acceptors (Lipinski definition) is 3. The average Bonchev–Trinajstić information content (AvgIpc) is 3.75. The van der Waals surface area contributed by atoms with Crippen molar-refractivity contribution in [2.24, 2.45) is 0 Å². The number of hydrogen-bond donors (Lipinski definition) is 1. The number of allylic oxidation sites excluding steroid dienone is 2. The predicted molar refractivity (Wildman–Crippen MR) is 224 cm³/mol. The van der Waals surface area contributed by atoms with Crippen molar-refractivity contribution in [1.29, 1.82) is 0 Å². The molecule has 0 radical (unpaired) electrons. The molecule has 0 bridgehead atoms. The molecule has 51 heavy (non-hydrogen) atoms. The van der Waals surface area contributed by atoms with Gasteiger partial charge in [0.25, 0.3) is 0 Å². The maximum Gasteiger partial charge on any atom is 0.335 e. The molecule has 1 N–H and O–H groups in total. The van der Waals surface area contributed by atoms with Crippen LogP contribution in [0.15, 0.2) is 114 Å². The van der Waals surface area contributed by atoms with E-state index in [1.807, 2.05) is 29.2 Å². The first kappa shape index (κ1) is 38.4. The van der Waals surface area contributed by atoms with Crippen LogP contribution < -0.4 is 0 Å². The number of unbranched alkanes of at least 4 members (excludes halogenated alkanes) is 6. The SMILES string of the molecule is C=C/C(=C/C1=C(CCCCCC)CC(c2sc(-c3ccc(C=C(c4ccc(C)cc4)c4ccc(C)cc4)cc3)cc2CCCCCC)S1)C(=O)O. The second kappa shape index (κ2) is 19.1. The Bertz CT molecular complexity index is 1800. The van der Waals surface area contributed by atoms with Crippen LogP contribution in [-0.2, 0) is 11.2 Å². The molecule has 0 amide bonds. The molecule has 4 heteroatoms. The second-order valence-corrected chi connectivity index (χ2v) is 16.2. The summed E-state index contributed by atoms with van der Waals surface area (Å²) in [5.41, 5.74) is 11.8. The Morgan fingerprint density at radius 1 is 0.784 bits per heavy atom. The molecule has 5 rings (SSSR count). The molecule has 0 aliphatic carbocycles. The maximum atomic E-state index is 11.9. The number of aryl methyl sites for hydroxylation is 3. The summed E-state index contributed by atoms with van der Waals surface area (Å²) in [6.45, 7) is 12.6. The van der Waals surface area contributed by atoms with E-state index in [0.29, 0.717) is 5.25 Å². The van der Waals surface area contributed by atoms with Crippen molar-refractivity contribution in [2.75, 3.05) is 0 Å². The molecule has 1 atom stereocenters. The van der Waals surface area contributed by atoms with Gasteiger partial charge in [-0.3, -0.25) is 0 Å². The first-order valence-electron chi connectivity index (χ1n) is 18.8. The number of aliphatic carboxylic acids is 1. The smallest absolute Gasteiger partial charge is 0.335 e. The lowest BCUT2D eigenvalue weighted by Gasteiger charge is -2.11. The topological polar surface area (TPSA) is 37.3 Å². The summed E-state index contributed by atoms with van der Waals surface area (Å²) in [4.78, 5) is 15.8. The number of carbonyl (C=O) groups is 1. The zero-order chi connectivity index (χ0) is 36.2. The first-order valence-corrected chi connectivity index (χ1v) is 20.5. The van der Waals surface area contributed by atoms with Gasteiger partial charge in [0.05, 0.1) is 5.57 Å². The quantitative estimate of drug-likeness (QED) is 0.0482. The normalized spacial score (nSPS) is 14.6. The Morgan fingerprint density at radius 3 is 1.92 bits per heavy atom. The zero-order valence-electron chi connectivity index (χ0n) is 31.0. The van der Waals surface area contributed by atoms with E-state index >= 15 is 0 Å². The molecule has 0 fully saturated rings. The lowest BCUT2D eigenvalue weighted by Crippen LogP contribution is -1.97. The van der Waals surface area contributed by atoms with Crippen LogP contribution in [-0.4, -0.2) is 11.1 Å². The number of benzene rings is 3. The number of rotatable bonds is 18. The summed E-state index contributed by atoms with van der Waals surface area (Å²) in [6, 6.07) is 29.1. The summed E-state index contributed by atoms with van der Waals surface area (Å²) in [6.07, 6.45) is 18.5. The summed E-state index contributed by atoms with van der Waals surface area (Å²) < 4.78 is 0. The van der Waals surface area contributed by atoms with Crippen molar-refractivity contribution in [3.8, 4) is 10.4 Å². The molecule has 0 spiro atoms. The van der Waals surface area contributed by atoms with Crippen molar-refractivity contribution in [1.82, 2.24) is 0 Å². The van der Waals surface area contributed by atoms with Crippen molar-refractivity contribution in [2.45, 2.75) is 104 Å². The monoisotopic (exact) mass is 714 g/mol. The second-order valence-electron chi connectivity index (χ2n) is 13.9. The summed E-state index contributed by atoms with van der Waals surface area (Å²) >= 11 is 3.80. The van der Waals surface area contributed by atoms with E-state index in [4.69, 9.17) is 0 Å². The molecule has 1 aliphatic heterocycles. The minimum Gasteiger partial charge on any atom is -0.478 e. The molecule has 2 heterocycles. The van der Waals surface area contributed by atoms with E-state index in [1.165, 1.54) is 111 Å². The molecular weight excluding hydrogens is 661 g/mol. The summed E-state index contributed by atoms with van der Waals surface area (Å²) in [5, 5.41) is 10.1. The highest BCUT2D eigenvalue weighted by Gasteiger charge is 2.29. The van der Waals surface area contributed by atoms with Gasteiger partial charge >= 0.3 is 5.97 Å². The molecule has 1 aromatic heterocycles. The van der Waals surface area contributed by atoms with Gasteiger partial charge in [-0.25, -0.2) is 4.79 Å². The van der Waals surface area contributed by atoms with Crippen molar-refractivity contribution < 1.29 is 9.90 Å². The van der Waals surface area contributed by atoms with Gasteiger partial charge in [-0.15, -0.1) is 23.1 Å². The number of carboxylic acids is 1. The minimum absolute atomic E-state index is 0.276. The van der Waals surface area contributed by atoms with E-state index in [9.17, 15) is 9.90 Å². The number of thioether (sulfide) groups is 1. The Hall–Kier alpha value is -3.86. The van der Waals surface area contributed by atoms with E-state index < -0.39 is 5.97 Å². The highest BCUT2D eigenvalue weighted by atomic mass is 32.2. The van der Waals surface area contributed by atoms with Crippen LogP contribution in [0, 0.1) is 13.8 Å². The predicted octanol–water partition coefficient (Wildman–Crippen LogP) is 14.3. The standard InChI is InChI=1S/C47H54O2S2/c1-6-9-11-13-15-40-31-45(50-44(40)30-36(8-3)47(48)49)46-41(16-14-12-10-7-2)32-43(51-46)39-27-21-35(22-28-39)29-42(37-23-17-33(4)18-24-37)38-25-19-34(5)20-26-38/h8,17-30,32,45H,3,6-7,9-16,31H2,1-2,4-5H3,(H,48,49)/b36-30-. The lowest BCUT2D eigenvalue weighted by atomic mass is 9.94. The van der Waals surface area contributed by atoms with E-state index in [2.05, 4.69) is 119 Å². The third kappa shape index (κ3) is 10.6. The van der Waals surface area contributed by atoms with Gasteiger partial charge in [0.1, 0.15) is 0 Å². The highest BCUT2D eigenvalue weighted by molar-refractivity contribution is 8.03. The van der Waals surface area contributed by atoms with Gasteiger partial charge in [0.2, 0.25) is 0 Å². The van der Waals surface area contributed by atoms with Crippen molar-refractivity contribution in [3.05, 3.63) is 152 Å². The Balaban J connectivity index is 1.45. The molecular formula is C47H54O2S2. The van der Waals surface area contributed by atoms with Gasteiger partial charge in [-0.2, -0.15) is 0 Å². The average molecular weight is 715 g/mol. The third-order valence-electron chi connectivity index (χ3n) is 9.80. The molecule has 1 unspecified atom stereocenters.